The molecule has 0 N–H and O–H groups in total. The minimum atomic E-state index is -2.42. The number of allylic oxidation sites excluding steroid dienone is 2. The van der Waals surface area contributed by atoms with E-state index in [9.17, 15) is 9.46 Å². The summed E-state index contributed by atoms with van der Waals surface area (Å²) in [4.78, 5) is 12.0. The molecule has 0 saturated carbocycles. The van der Waals surface area contributed by atoms with Gasteiger partial charge in [0.2, 0.25) is 0 Å². The first-order valence-electron chi connectivity index (χ1n) is 14.4. The molecule has 0 amide bonds. The van der Waals surface area contributed by atoms with Crippen LogP contribution in [0.3, 0.4) is 0 Å². The monoisotopic (exact) mass is 484 g/mol. The molecule has 0 aliphatic heterocycles. The lowest BCUT2D eigenvalue weighted by molar-refractivity contribution is -0.910. The van der Waals surface area contributed by atoms with Gasteiger partial charge in [-0.05, 0) is 32.1 Å². The van der Waals surface area contributed by atoms with Gasteiger partial charge in [0.25, 0.3) is 5.28 Å². The molecule has 0 aromatic rings. The second-order valence-corrected chi connectivity index (χ2v) is 12.4. The molecule has 0 aromatic heterocycles. The normalized spacial score (nSPS) is 14.7. The Bertz CT molecular complexity index is 487. The van der Waals surface area contributed by atoms with Crippen LogP contribution in [0.15, 0.2) is 12.2 Å². The van der Waals surface area contributed by atoms with E-state index in [1.807, 2.05) is 28.1 Å². The van der Waals surface area contributed by atoms with E-state index in [-0.39, 0.29) is 0 Å². The summed E-state index contributed by atoms with van der Waals surface area (Å²) in [5, 5.41) is -0.600. The first kappa shape index (κ1) is 32.8. The minimum Gasteiger partial charge on any atom is -0.590 e. The SMILES string of the molecule is CCCCCCCCCC/C=C\CCCCCCCCCCCC(CC)([P+](=O)[O-])[N+](C)(C)C. The fraction of sp³-hybridized carbons (Fsp3) is 0.931. The highest BCUT2D eigenvalue weighted by molar-refractivity contribution is 7.38. The fourth-order valence-corrected chi connectivity index (χ4v) is 6.08. The van der Waals surface area contributed by atoms with Crippen molar-refractivity contribution in [1.82, 2.24) is 0 Å². The third kappa shape index (κ3) is 16.1. The van der Waals surface area contributed by atoms with Gasteiger partial charge in [0.05, 0.1) is 21.1 Å². The van der Waals surface area contributed by atoms with E-state index in [1.165, 1.54) is 109 Å². The molecule has 2 unspecified atom stereocenters. The highest BCUT2D eigenvalue weighted by atomic mass is 31.1. The topological polar surface area (TPSA) is 40.1 Å². The van der Waals surface area contributed by atoms with Gasteiger partial charge in [-0.2, -0.15) is 0 Å². The van der Waals surface area contributed by atoms with Gasteiger partial charge in [-0.1, -0.05) is 120 Å². The summed E-state index contributed by atoms with van der Waals surface area (Å²) in [7, 11) is 3.63. The average Bonchev–Trinajstić information content (AvgIpc) is 2.76. The number of hydrogen-bond acceptors (Lipinski definition) is 2. The molecule has 0 aliphatic rings. The molecular formula is C29H59NO2P+. The lowest BCUT2D eigenvalue weighted by Crippen LogP contribution is -2.55. The van der Waals surface area contributed by atoms with Crippen molar-refractivity contribution in [3.05, 3.63) is 12.2 Å². The summed E-state index contributed by atoms with van der Waals surface area (Å²) in [5.41, 5.74) is 0. The van der Waals surface area contributed by atoms with E-state index < -0.39 is 13.3 Å². The van der Waals surface area contributed by atoms with E-state index in [0.29, 0.717) is 10.9 Å². The van der Waals surface area contributed by atoms with E-state index in [0.717, 1.165) is 19.3 Å². The Hall–Kier alpha value is -0.240. The van der Waals surface area contributed by atoms with E-state index in [2.05, 4.69) is 19.1 Å². The van der Waals surface area contributed by atoms with Crippen LogP contribution in [0.1, 0.15) is 149 Å². The van der Waals surface area contributed by atoms with Gasteiger partial charge >= 0.3 is 8.03 Å². The summed E-state index contributed by atoms with van der Waals surface area (Å²) in [6.07, 6.45) is 31.6. The second-order valence-electron chi connectivity index (χ2n) is 11.1. The Morgan fingerprint density at radius 2 is 1.00 bits per heavy atom. The molecule has 0 bridgehead atoms. The van der Waals surface area contributed by atoms with Crippen molar-refractivity contribution in [2.45, 2.75) is 154 Å². The largest absolute Gasteiger partial charge is 0.590 e. The molecule has 196 valence electrons. The van der Waals surface area contributed by atoms with Crippen LogP contribution in [0.5, 0.6) is 0 Å². The summed E-state index contributed by atoms with van der Waals surface area (Å²) in [6.45, 7) is 4.30. The van der Waals surface area contributed by atoms with Gasteiger partial charge in [0.15, 0.2) is 0 Å². The van der Waals surface area contributed by atoms with E-state index in [1.54, 1.807) is 0 Å². The molecule has 0 rings (SSSR count). The predicted molar refractivity (Wildman–Crippen MR) is 146 cm³/mol. The van der Waals surface area contributed by atoms with Crippen molar-refractivity contribution in [3.63, 3.8) is 0 Å². The summed E-state index contributed by atoms with van der Waals surface area (Å²) >= 11 is 0. The van der Waals surface area contributed by atoms with Crippen LogP contribution >= 0.6 is 8.03 Å². The Morgan fingerprint density at radius 1 is 0.636 bits per heavy atom. The van der Waals surface area contributed by atoms with Crippen LogP contribution in [0.25, 0.3) is 0 Å². The molecule has 2 atom stereocenters. The molecule has 0 aromatic carbocycles. The number of hydrogen-bond donors (Lipinski definition) is 0. The van der Waals surface area contributed by atoms with Gasteiger partial charge in [-0.15, -0.1) is 0 Å². The minimum absolute atomic E-state index is 0.511. The molecule has 0 aliphatic carbocycles. The molecule has 0 fully saturated rings. The van der Waals surface area contributed by atoms with Crippen LogP contribution in [0.4, 0.5) is 0 Å². The zero-order chi connectivity index (χ0) is 24.8. The maximum atomic E-state index is 12.0. The molecule has 0 heterocycles. The van der Waals surface area contributed by atoms with Crippen LogP contribution < -0.4 is 4.89 Å². The molecule has 33 heavy (non-hydrogen) atoms. The van der Waals surface area contributed by atoms with Crippen molar-refractivity contribution >= 4 is 8.03 Å². The number of nitrogens with zero attached hydrogens (tertiary/aromatic N) is 1. The van der Waals surface area contributed by atoms with Gasteiger partial charge < -0.3 is 4.89 Å². The lowest BCUT2D eigenvalue weighted by atomic mass is 10.0. The third-order valence-electron chi connectivity index (χ3n) is 7.49. The van der Waals surface area contributed by atoms with Crippen molar-refractivity contribution < 1.29 is 13.9 Å². The number of unbranched alkanes of at least 4 members (excludes halogenated alkanes) is 17. The van der Waals surface area contributed by atoms with Gasteiger partial charge in [-0.3, -0.25) is 4.48 Å². The predicted octanol–water partition coefficient (Wildman–Crippen LogP) is 9.28. The molecule has 3 nitrogen and oxygen atoms in total. The molecule has 0 radical (unpaired) electrons. The lowest BCUT2D eigenvalue weighted by Gasteiger charge is -2.39. The quantitative estimate of drug-likeness (QED) is 0.0592. The van der Waals surface area contributed by atoms with Crippen LogP contribution in [-0.4, -0.2) is 30.9 Å². The van der Waals surface area contributed by atoms with Crippen molar-refractivity contribution in [1.29, 1.82) is 0 Å². The summed E-state index contributed by atoms with van der Waals surface area (Å²) in [5.74, 6) is 0. The Balaban J connectivity index is 3.50. The molecule has 4 heteroatoms. The zero-order valence-corrected chi connectivity index (χ0v) is 24.1. The van der Waals surface area contributed by atoms with Gasteiger partial charge in [-0.25, -0.2) is 0 Å². The highest BCUT2D eigenvalue weighted by Crippen LogP contribution is 2.44. The highest BCUT2D eigenvalue weighted by Gasteiger charge is 2.52. The van der Waals surface area contributed by atoms with Crippen molar-refractivity contribution in [2.75, 3.05) is 21.1 Å². The Kier molecular flexibility index (Phi) is 20.9. The Morgan fingerprint density at radius 3 is 1.33 bits per heavy atom. The Labute approximate surface area is 209 Å². The van der Waals surface area contributed by atoms with Crippen LogP contribution in [0.2, 0.25) is 0 Å². The van der Waals surface area contributed by atoms with Crippen molar-refractivity contribution in [2.24, 2.45) is 0 Å². The maximum Gasteiger partial charge on any atom is 0.376 e. The van der Waals surface area contributed by atoms with E-state index in [4.69, 9.17) is 0 Å². The van der Waals surface area contributed by atoms with E-state index >= 15 is 0 Å². The number of rotatable bonds is 24. The third-order valence-corrected chi connectivity index (χ3v) is 9.31. The summed E-state index contributed by atoms with van der Waals surface area (Å²) in [6, 6.07) is 0. The zero-order valence-electron chi connectivity index (χ0n) is 23.2. The molecule has 0 spiro atoms. The maximum absolute atomic E-state index is 12.0. The summed E-state index contributed by atoms with van der Waals surface area (Å²) < 4.78 is 12.5. The smallest absolute Gasteiger partial charge is 0.376 e. The first-order valence-corrected chi connectivity index (χ1v) is 15.6. The molecule has 0 saturated heterocycles. The number of quaternary nitrogens is 1. The second kappa shape index (κ2) is 21.1. The average molecular weight is 485 g/mol. The fourth-order valence-electron chi connectivity index (χ4n) is 4.99. The first-order chi connectivity index (χ1) is 15.8. The van der Waals surface area contributed by atoms with Gasteiger partial charge in [0, 0.05) is 12.8 Å². The van der Waals surface area contributed by atoms with Crippen LogP contribution in [-0.2, 0) is 4.57 Å². The molecular weight excluding hydrogens is 425 g/mol. The van der Waals surface area contributed by atoms with Crippen LogP contribution in [0, 0.1) is 0 Å². The van der Waals surface area contributed by atoms with Crippen molar-refractivity contribution in [3.8, 4) is 0 Å². The van der Waals surface area contributed by atoms with Gasteiger partial charge in [0.1, 0.15) is 0 Å². The standard InChI is InChI=1S/C29H59NO2P/c1-6-8-9-10-11-12-13-14-15-16-17-18-19-20-21-22-23-24-25-26-27-28-29(7-2,33(31)32)30(3,4)5/h16-17H,6-15,18-28H2,1-5H3/q+1/b17-16-.